The number of para-hydroxylation sites is 1. The third kappa shape index (κ3) is 7.09. The van der Waals surface area contributed by atoms with Crippen molar-refractivity contribution in [2.24, 2.45) is 0 Å². The lowest BCUT2D eigenvalue weighted by Gasteiger charge is -2.31. The fourth-order valence-corrected chi connectivity index (χ4v) is 6.73. The number of rotatable bonds is 11. The van der Waals surface area contributed by atoms with E-state index < -0.39 is 21.9 Å². The van der Waals surface area contributed by atoms with Gasteiger partial charge in [0.25, 0.3) is 11.8 Å². The van der Waals surface area contributed by atoms with Crippen LogP contribution < -0.4 is 14.9 Å². The first-order valence-electron chi connectivity index (χ1n) is 13.4. The number of nitrogens with zero attached hydrogens (tertiary/aromatic N) is 3. The quantitative estimate of drug-likeness (QED) is 0.212. The minimum Gasteiger partial charge on any atom is -0.481 e. The van der Waals surface area contributed by atoms with E-state index in [-0.39, 0.29) is 30.2 Å². The van der Waals surface area contributed by atoms with E-state index in [4.69, 9.17) is 5.11 Å². The Morgan fingerprint density at radius 2 is 1.74 bits per heavy atom. The average molecular weight is 608 g/mol. The number of unbranched alkanes of at least 4 members (excludes halogenated alkanes) is 2. The van der Waals surface area contributed by atoms with E-state index >= 15 is 0 Å². The van der Waals surface area contributed by atoms with E-state index in [1.807, 2.05) is 41.3 Å². The number of carbonyl (C=O) groups excluding carboxylic acids is 2. The maximum absolute atomic E-state index is 13.3. The highest BCUT2D eigenvalue weighted by molar-refractivity contribution is 7.90. The summed E-state index contributed by atoms with van der Waals surface area (Å²) in [5, 5.41) is 12.1. The third-order valence-corrected chi connectivity index (χ3v) is 9.15. The summed E-state index contributed by atoms with van der Waals surface area (Å²) in [5.74, 6) is -1.83. The molecule has 3 N–H and O–H groups in total. The summed E-state index contributed by atoms with van der Waals surface area (Å²) in [5.41, 5.74) is 3.20. The van der Waals surface area contributed by atoms with Gasteiger partial charge in [0.1, 0.15) is 11.5 Å². The van der Waals surface area contributed by atoms with Crippen LogP contribution in [0.25, 0.3) is 10.2 Å². The number of pyridine rings is 1. The Kier molecular flexibility index (Phi) is 8.78. The lowest BCUT2D eigenvalue weighted by molar-refractivity contribution is -0.137. The standard InChI is InChI=1S/C29H29N5O6S2/c35-26(36)14-2-1-5-17-42(39,40)33-28(38)23-11-7-13-25(30-23)34-16-15-19-8-6-9-20(21(19)18-34)27(37)32-29-31-22-10-3-4-12-24(22)41-29/h3-4,6-13H,1-2,5,14-18H2,(H,33,38)(H,35,36)(H,31,32,37). The summed E-state index contributed by atoms with van der Waals surface area (Å²) in [6.45, 7) is 0.980. The van der Waals surface area contributed by atoms with Gasteiger partial charge in [-0.15, -0.1) is 0 Å². The number of aliphatic carboxylic acids is 1. The largest absolute Gasteiger partial charge is 0.481 e. The van der Waals surface area contributed by atoms with Crippen molar-refractivity contribution in [1.82, 2.24) is 14.7 Å². The van der Waals surface area contributed by atoms with Crippen LogP contribution in [0, 0.1) is 0 Å². The van der Waals surface area contributed by atoms with E-state index in [2.05, 4.69) is 20.0 Å². The van der Waals surface area contributed by atoms with Gasteiger partial charge in [-0.1, -0.05) is 48.1 Å². The van der Waals surface area contributed by atoms with Crippen molar-refractivity contribution in [3.05, 3.63) is 83.0 Å². The van der Waals surface area contributed by atoms with Gasteiger partial charge in [0.15, 0.2) is 5.13 Å². The Balaban J connectivity index is 1.26. The molecule has 13 heteroatoms. The van der Waals surface area contributed by atoms with Crippen LogP contribution in [-0.2, 0) is 27.8 Å². The molecule has 0 spiro atoms. The predicted molar refractivity (Wildman–Crippen MR) is 160 cm³/mol. The van der Waals surface area contributed by atoms with Crippen LogP contribution in [0.5, 0.6) is 0 Å². The minimum absolute atomic E-state index is 0.0284. The first-order chi connectivity index (χ1) is 20.2. The van der Waals surface area contributed by atoms with Crippen LogP contribution in [0.3, 0.4) is 0 Å². The fraction of sp³-hybridized carbons (Fsp3) is 0.276. The first-order valence-corrected chi connectivity index (χ1v) is 15.9. The number of benzene rings is 2. The molecule has 0 bridgehead atoms. The van der Waals surface area contributed by atoms with Crippen molar-refractivity contribution in [2.45, 2.75) is 38.6 Å². The second kappa shape index (κ2) is 12.7. The number of hydrogen-bond donors (Lipinski definition) is 3. The zero-order valence-corrected chi connectivity index (χ0v) is 24.2. The molecular formula is C29H29N5O6S2. The SMILES string of the molecule is O=C(O)CCCCCS(=O)(=O)NC(=O)c1cccc(N2CCc3cccc(C(=O)Nc4nc5ccccc5s4)c3C2)n1. The first kappa shape index (κ1) is 29.1. The fourth-order valence-electron chi connectivity index (χ4n) is 4.79. The molecule has 42 heavy (non-hydrogen) atoms. The molecule has 4 aromatic rings. The summed E-state index contributed by atoms with van der Waals surface area (Å²) in [4.78, 5) is 47.5. The summed E-state index contributed by atoms with van der Waals surface area (Å²) in [6.07, 6.45) is 1.66. The molecular weight excluding hydrogens is 578 g/mol. The normalized spacial score (nSPS) is 13.0. The van der Waals surface area contributed by atoms with Crippen LogP contribution >= 0.6 is 11.3 Å². The maximum atomic E-state index is 13.3. The van der Waals surface area contributed by atoms with E-state index in [1.54, 1.807) is 18.2 Å². The Hall–Kier alpha value is -4.36. The molecule has 0 aliphatic carbocycles. The molecule has 0 fully saturated rings. The highest BCUT2D eigenvalue weighted by Gasteiger charge is 2.24. The Labute approximate surface area is 246 Å². The van der Waals surface area contributed by atoms with E-state index in [9.17, 15) is 22.8 Å². The van der Waals surface area contributed by atoms with Gasteiger partial charge in [0.2, 0.25) is 10.0 Å². The number of amides is 2. The molecule has 0 radical (unpaired) electrons. The molecule has 5 rings (SSSR count). The van der Waals surface area contributed by atoms with Gasteiger partial charge >= 0.3 is 5.97 Å². The molecule has 2 aromatic carbocycles. The van der Waals surface area contributed by atoms with Crippen LogP contribution in [-0.4, -0.2) is 53.6 Å². The summed E-state index contributed by atoms with van der Waals surface area (Å²) in [6, 6.07) is 18.1. The van der Waals surface area contributed by atoms with Gasteiger partial charge in [-0.2, -0.15) is 0 Å². The van der Waals surface area contributed by atoms with Gasteiger partial charge in [-0.25, -0.2) is 23.1 Å². The van der Waals surface area contributed by atoms with Crippen molar-refractivity contribution >= 4 is 60.3 Å². The van der Waals surface area contributed by atoms with Gasteiger partial charge in [-0.3, -0.25) is 19.7 Å². The molecule has 11 nitrogen and oxygen atoms in total. The highest BCUT2D eigenvalue weighted by atomic mass is 32.2. The molecule has 3 heterocycles. The Morgan fingerprint density at radius 3 is 2.55 bits per heavy atom. The number of carbonyl (C=O) groups is 3. The van der Waals surface area contributed by atoms with Crippen molar-refractivity contribution < 1.29 is 27.9 Å². The second-order valence-electron chi connectivity index (χ2n) is 9.89. The van der Waals surface area contributed by atoms with Gasteiger partial charge in [0.05, 0.1) is 16.0 Å². The van der Waals surface area contributed by atoms with Crippen LogP contribution in [0.2, 0.25) is 0 Å². The highest BCUT2D eigenvalue weighted by Crippen LogP contribution is 2.29. The monoisotopic (exact) mass is 607 g/mol. The molecule has 0 saturated heterocycles. The zero-order valence-electron chi connectivity index (χ0n) is 22.6. The summed E-state index contributed by atoms with van der Waals surface area (Å²) < 4.78 is 27.8. The molecule has 0 atom stereocenters. The number of carboxylic acid groups (broad SMARTS) is 1. The number of thiazole rings is 1. The molecule has 0 saturated carbocycles. The zero-order chi connectivity index (χ0) is 29.7. The number of anilines is 2. The van der Waals surface area contributed by atoms with E-state index in [0.717, 1.165) is 21.3 Å². The maximum Gasteiger partial charge on any atom is 0.303 e. The van der Waals surface area contributed by atoms with E-state index in [1.165, 1.54) is 17.4 Å². The second-order valence-corrected chi connectivity index (χ2v) is 12.8. The molecule has 1 aliphatic rings. The number of fused-ring (bicyclic) bond motifs is 2. The number of carboxylic acids is 1. The molecule has 2 amide bonds. The lowest BCUT2D eigenvalue weighted by Crippen LogP contribution is -2.35. The smallest absolute Gasteiger partial charge is 0.303 e. The lowest BCUT2D eigenvalue weighted by atomic mass is 9.94. The number of sulfonamides is 1. The number of aromatic nitrogens is 2. The predicted octanol–water partition coefficient (Wildman–Crippen LogP) is 4.21. The molecule has 0 unspecified atom stereocenters. The van der Waals surface area contributed by atoms with Crippen molar-refractivity contribution in [3.8, 4) is 0 Å². The average Bonchev–Trinajstić information content (AvgIpc) is 3.38. The Bertz CT molecular complexity index is 1720. The Morgan fingerprint density at radius 1 is 0.929 bits per heavy atom. The van der Waals surface area contributed by atoms with Gasteiger partial charge in [0, 0.05) is 25.1 Å². The molecule has 1 aliphatic heterocycles. The van der Waals surface area contributed by atoms with Crippen LogP contribution in [0.1, 0.15) is 57.7 Å². The van der Waals surface area contributed by atoms with Crippen molar-refractivity contribution in [2.75, 3.05) is 22.5 Å². The third-order valence-electron chi connectivity index (χ3n) is 6.87. The topological polar surface area (TPSA) is 159 Å². The minimum atomic E-state index is -3.91. The molecule has 218 valence electrons. The van der Waals surface area contributed by atoms with Crippen LogP contribution in [0.4, 0.5) is 10.9 Å². The van der Waals surface area contributed by atoms with Gasteiger partial charge in [-0.05, 0) is 60.7 Å². The summed E-state index contributed by atoms with van der Waals surface area (Å²) in [7, 11) is -3.91. The van der Waals surface area contributed by atoms with Crippen molar-refractivity contribution in [3.63, 3.8) is 0 Å². The van der Waals surface area contributed by atoms with Crippen molar-refractivity contribution in [1.29, 1.82) is 0 Å². The van der Waals surface area contributed by atoms with E-state index in [0.29, 0.717) is 48.9 Å². The molecule has 2 aromatic heterocycles. The van der Waals surface area contributed by atoms with Crippen LogP contribution in [0.15, 0.2) is 60.7 Å². The number of hydrogen-bond acceptors (Lipinski definition) is 9. The number of nitrogens with one attached hydrogen (secondary N) is 2. The summed E-state index contributed by atoms with van der Waals surface area (Å²) >= 11 is 1.40. The van der Waals surface area contributed by atoms with Gasteiger partial charge < -0.3 is 10.0 Å².